The van der Waals surface area contributed by atoms with Crippen molar-refractivity contribution in [3.63, 3.8) is 0 Å². The fourth-order valence-corrected chi connectivity index (χ4v) is 5.71. The number of methoxy groups -OCH3 is 2. The summed E-state index contributed by atoms with van der Waals surface area (Å²) < 4.78 is 68.4. The zero-order valence-electron chi connectivity index (χ0n) is 29.7. The summed E-state index contributed by atoms with van der Waals surface area (Å²) in [6, 6.07) is 12.6. The predicted molar refractivity (Wildman–Crippen MR) is 150 cm³/mol. The minimum Gasteiger partial charge on any atom is -0.497 e. The van der Waals surface area contributed by atoms with E-state index in [1.165, 1.54) is 24.3 Å². The molecule has 2 saturated carbocycles. The second-order valence-electron chi connectivity index (χ2n) is 10.2. The van der Waals surface area contributed by atoms with Gasteiger partial charge in [0.25, 0.3) is 0 Å². The summed E-state index contributed by atoms with van der Waals surface area (Å²) in [5.74, 6) is -0.839. The fraction of sp³-hybridized carbons (Fsp3) is 0.562. The summed E-state index contributed by atoms with van der Waals surface area (Å²) in [5, 5.41) is 21.9. The van der Waals surface area contributed by atoms with Gasteiger partial charge in [-0.3, -0.25) is 0 Å². The van der Waals surface area contributed by atoms with Crippen molar-refractivity contribution in [3.8, 4) is 11.5 Å². The van der Waals surface area contributed by atoms with Crippen LogP contribution in [0.25, 0.3) is 9.69 Å². The Hall–Kier alpha value is -3.06. The van der Waals surface area contributed by atoms with Crippen LogP contribution in [0.15, 0.2) is 48.5 Å². The average Bonchev–Trinajstić information content (AvgIpc) is 2.97. The lowest BCUT2D eigenvalue weighted by Crippen LogP contribution is -2.39. The lowest BCUT2D eigenvalue weighted by atomic mass is 9.73. The Labute approximate surface area is 239 Å². The standard InChI is InChI=1S/2C16H21NO2/c2*1-17-12-15(16(18)10-4-3-5-11-16)13-6-8-14(19-2)9-7-13/h2*6-9,15,18H,3-5,10-12H2,2H3/i2D3,12D2;2D3. The van der Waals surface area contributed by atoms with Gasteiger partial charge in [0.05, 0.1) is 45.3 Å². The third-order valence-corrected chi connectivity index (χ3v) is 7.82. The molecule has 0 heterocycles. The molecule has 0 radical (unpaired) electrons. The maximum atomic E-state index is 11.0. The van der Waals surface area contributed by atoms with E-state index >= 15 is 0 Å². The number of ether oxygens (including phenoxy) is 2. The van der Waals surface area contributed by atoms with E-state index in [9.17, 15) is 10.2 Å². The maximum Gasteiger partial charge on any atom is 0.224 e. The molecule has 2 aromatic carbocycles. The molecule has 2 aliphatic carbocycles. The molecule has 0 aromatic heterocycles. The van der Waals surface area contributed by atoms with Crippen LogP contribution in [0.2, 0.25) is 0 Å². The van der Waals surface area contributed by atoms with Gasteiger partial charge in [-0.2, -0.15) is 0 Å². The summed E-state index contributed by atoms with van der Waals surface area (Å²) in [5.41, 5.74) is -0.787. The van der Waals surface area contributed by atoms with Crippen LogP contribution in [0.5, 0.6) is 11.5 Å². The molecule has 0 amide bonds. The Morgan fingerprint density at radius 1 is 0.737 bits per heavy atom. The molecule has 2 unspecified atom stereocenters. The summed E-state index contributed by atoms with van der Waals surface area (Å²) in [6.07, 6.45) is 7.96. The first-order valence-electron chi connectivity index (χ1n) is 17.2. The predicted octanol–water partition coefficient (Wildman–Crippen LogP) is 6.79. The van der Waals surface area contributed by atoms with Crippen molar-refractivity contribution in [2.24, 2.45) is 0 Å². The molecule has 0 spiro atoms. The van der Waals surface area contributed by atoms with Crippen molar-refractivity contribution in [1.82, 2.24) is 0 Å². The van der Waals surface area contributed by atoms with E-state index < -0.39 is 37.7 Å². The third kappa shape index (κ3) is 7.50. The van der Waals surface area contributed by atoms with E-state index in [-0.39, 0.29) is 24.0 Å². The number of benzene rings is 2. The molecule has 2 aromatic rings. The van der Waals surface area contributed by atoms with Gasteiger partial charge in [-0.15, -0.1) is 0 Å². The lowest BCUT2D eigenvalue weighted by molar-refractivity contribution is -0.0179. The lowest BCUT2D eigenvalue weighted by Gasteiger charge is -2.37. The van der Waals surface area contributed by atoms with E-state index in [0.29, 0.717) is 31.2 Å². The summed E-state index contributed by atoms with van der Waals surface area (Å²) >= 11 is 0. The minimum atomic E-state index is -2.56. The van der Waals surface area contributed by atoms with E-state index in [2.05, 4.69) is 9.69 Å². The molecule has 4 rings (SSSR count). The van der Waals surface area contributed by atoms with Gasteiger partial charge in [0.15, 0.2) is 0 Å². The van der Waals surface area contributed by atoms with Gasteiger partial charge in [-0.05, 0) is 61.1 Å². The molecule has 204 valence electrons. The summed E-state index contributed by atoms with van der Waals surface area (Å²) in [7, 11) is -5.04. The highest BCUT2D eigenvalue weighted by atomic mass is 16.5. The second-order valence-corrected chi connectivity index (χ2v) is 10.2. The first-order chi connectivity index (χ1) is 21.4. The van der Waals surface area contributed by atoms with Crippen molar-refractivity contribution in [3.05, 3.63) is 82.5 Å². The molecule has 2 aliphatic rings. The molecule has 6 heteroatoms. The molecule has 0 saturated heterocycles. The highest BCUT2D eigenvalue weighted by Crippen LogP contribution is 2.41. The normalized spacial score (nSPS) is 23.6. The SMILES string of the molecule is [2H]C([2H])([2H])Oc1ccc(C(C2(O)CCCCC2)C([2H])([2H])[N+]#[C-])cc1.[2H]C([2H])([2H])Oc1ccc(C(C[N+]#[C-])C2(O)CCCCC2)cc1. The van der Waals surface area contributed by atoms with Gasteiger partial charge < -0.3 is 29.4 Å². The van der Waals surface area contributed by atoms with E-state index in [4.69, 9.17) is 33.6 Å². The second kappa shape index (κ2) is 14.2. The highest BCUT2D eigenvalue weighted by Gasteiger charge is 2.41. The fourth-order valence-electron chi connectivity index (χ4n) is 5.71. The van der Waals surface area contributed by atoms with Crippen molar-refractivity contribution in [2.45, 2.75) is 87.2 Å². The zero-order chi connectivity index (χ0) is 34.2. The number of rotatable bonds is 8. The van der Waals surface area contributed by atoms with Gasteiger partial charge >= 0.3 is 0 Å². The van der Waals surface area contributed by atoms with Crippen LogP contribution in [0.1, 0.15) is 98.1 Å². The number of aliphatic hydroxyl groups is 2. The maximum absolute atomic E-state index is 11.0. The molecular weight excluding hydrogens is 476 g/mol. The Bertz CT molecular complexity index is 1340. The van der Waals surface area contributed by atoms with Crippen LogP contribution in [0.3, 0.4) is 0 Å². The highest BCUT2D eigenvalue weighted by molar-refractivity contribution is 5.33. The van der Waals surface area contributed by atoms with Crippen LogP contribution in [-0.4, -0.2) is 48.5 Å². The summed E-state index contributed by atoms with van der Waals surface area (Å²) in [4.78, 5) is 6.58. The molecule has 6 nitrogen and oxygen atoms in total. The first-order valence-corrected chi connectivity index (χ1v) is 13.2. The van der Waals surface area contributed by atoms with Crippen molar-refractivity contribution in [2.75, 3.05) is 27.1 Å². The van der Waals surface area contributed by atoms with Gasteiger partial charge in [-0.1, -0.05) is 62.8 Å². The molecule has 2 N–H and O–H groups in total. The number of hydrogen-bond donors (Lipinski definition) is 2. The third-order valence-electron chi connectivity index (χ3n) is 7.82. The van der Waals surface area contributed by atoms with E-state index in [0.717, 1.165) is 44.1 Å². The van der Waals surface area contributed by atoms with Crippen LogP contribution in [-0.2, 0) is 0 Å². The molecule has 2 atom stereocenters. The average molecular weight is 527 g/mol. The first kappa shape index (κ1) is 19.9. The Morgan fingerprint density at radius 2 is 1.16 bits per heavy atom. The van der Waals surface area contributed by atoms with Gasteiger partial charge in [0.1, 0.15) is 14.2 Å². The quantitative estimate of drug-likeness (QED) is 0.372. The monoisotopic (exact) mass is 526 g/mol. The molecule has 38 heavy (non-hydrogen) atoms. The van der Waals surface area contributed by atoms with Crippen molar-refractivity contribution >= 4 is 0 Å². The number of hydrogen-bond acceptors (Lipinski definition) is 4. The topological polar surface area (TPSA) is 67.6 Å². The Morgan fingerprint density at radius 3 is 1.55 bits per heavy atom. The largest absolute Gasteiger partial charge is 0.497 e. The smallest absolute Gasteiger partial charge is 0.224 e. The molecule has 2 fully saturated rings. The summed E-state index contributed by atoms with van der Waals surface area (Å²) in [6.45, 7) is 12.3. The molecular formula is C32H42N2O4. The minimum absolute atomic E-state index is 0.136. The molecule has 0 bridgehead atoms. The Kier molecular flexibility index (Phi) is 7.44. The van der Waals surface area contributed by atoms with Gasteiger partial charge in [0.2, 0.25) is 13.0 Å². The van der Waals surface area contributed by atoms with Crippen molar-refractivity contribution in [1.29, 1.82) is 0 Å². The number of nitrogens with zero attached hydrogens (tertiary/aromatic N) is 2. The van der Waals surface area contributed by atoms with E-state index in [1.807, 2.05) is 0 Å². The van der Waals surface area contributed by atoms with Crippen LogP contribution in [0.4, 0.5) is 0 Å². The van der Waals surface area contributed by atoms with E-state index in [1.54, 1.807) is 24.3 Å². The Balaban J connectivity index is 0.000000251. The molecule has 0 aliphatic heterocycles. The van der Waals surface area contributed by atoms with Crippen molar-refractivity contribution < 1.29 is 30.7 Å². The van der Waals surface area contributed by atoms with Gasteiger partial charge in [-0.25, -0.2) is 13.1 Å². The van der Waals surface area contributed by atoms with Gasteiger partial charge in [0, 0.05) is 0 Å². The van der Waals surface area contributed by atoms with Crippen LogP contribution >= 0.6 is 0 Å². The van der Waals surface area contributed by atoms with Crippen LogP contribution < -0.4 is 9.47 Å². The van der Waals surface area contributed by atoms with Crippen LogP contribution in [0, 0.1) is 13.1 Å². The zero-order valence-corrected chi connectivity index (χ0v) is 21.7.